The standard InChI is InChI=1S/C18H29NO2/c1-3-15-8-10-16(11-9-15)19-12-17(20)13-21-18-7-5-4-6-14(18)2/h8-11,14,17-20H,3-7,12-13H2,1-2H3. The van der Waals surface area contributed by atoms with Crippen LogP contribution in [-0.2, 0) is 11.2 Å². The Bertz CT molecular complexity index is 404. The molecule has 0 aromatic heterocycles. The van der Waals surface area contributed by atoms with Gasteiger partial charge in [0, 0.05) is 12.2 Å². The maximum atomic E-state index is 10.0. The third kappa shape index (κ3) is 5.33. The molecular formula is C18H29NO2. The molecule has 118 valence electrons. The molecule has 1 aromatic carbocycles. The summed E-state index contributed by atoms with van der Waals surface area (Å²) in [5, 5.41) is 13.3. The van der Waals surface area contributed by atoms with Crippen molar-refractivity contribution in [3.63, 3.8) is 0 Å². The SMILES string of the molecule is CCc1ccc(NCC(O)COC2CCCCC2C)cc1. The van der Waals surface area contributed by atoms with Gasteiger partial charge in [0.05, 0.1) is 18.8 Å². The highest BCUT2D eigenvalue weighted by atomic mass is 16.5. The van der Waals surface area contributed by atoms with Crippen LogP contribution in [0.2, 0.25) is 0 Å². The van der Waals surface area contributed by atoms with E-state index in [1.165, 1.54) is 24.8 Å². The molecule has 3 heteroatoms. The van der Waals surface area contributed by atoms with Gasteiger partial charge in [0.25, 0.3) is 0 Å². The van der Waals surface area contributed by atoms with Crippen LogP contribution in [0, 0.1) is 5.92 Å². The molecule has 2 rings (SSSR count). The van der Waals surface area contributed by atoms with Crippen molar-refractivity contribution in [2.24, 2.45) is 5.92 Å². The van der Waals surface area contributed by atoms with Crippen LogP contribution >= 0.6 is 0 Å². The van der Waals surface area contributed by atoms with Crippen LogP contribution in [0.25, 0.3) is 0 Å². The third-order valence-electron chi connectivity index (χ3n) is 4.44. The number of aliphatic hydroxyl groups is 1. The summed E-state index contributed by atoms with van der Waals surface area (Å²) < 4.78 is 5.89. The average Bonchev–Trinajstić information content (AvgIpc) is 2.52. The summed E-state index contributed by atoms with van der Waals surface area (Å²) in [5.41, 5.74) is 2.38. The van der Waals surface area contributed by atoms with Gasteiger partial charge in [0.2, 0.25) is 0 Å². The molecule has 2 N–H and O–H groups in total. The summed E-state index contributed by atoms with van der Waals surface area (Å²) in [5.74, 6) is 0.625. The van der Waals surface area contributed by atoms with Gasteiger partial charge in [0.1, 0.15) is 0 Å². The smallest absolute Gasteiger partial charge is 0.0945 e. The van der Waals surface area contributed by atoms with Gasteiger partial charge in [-0.2, -0.15) is 0 Å². The lowest BCUT2D eigenvalue weighted by Gasteiger charge is -2.29. The predicted octanol–water partition coefficient (Wildman–Crippen LogP) is 3.62. The Morgan fingerprint density at radius 3 is 2.62 bits per heavy atom. The summed E-state index contributed by atoms with van der Waals surface area (Å²) in [7, 11) is 0. The van der Waals surface area contributed by atoms with E-state index in [1.54, 1.807) is 0 Å². The molecule has 0 bridgehead atoms. The van der Waals surface area contributed by atoms with E-state index in [-0.39, 0.29) is 0 Å². The number of nitrogens with one attached hydrogen (secondary N) is 1. The van der Waals surface area contributed by atoms with Gasteiger partial charge in [-0.05, 0) is 42.9 Å². The topological polar surface area (TPSA) is 41.5 Å². The summed E-state index contributed by atoms with van der Waals surface area (Å²) in [6.07, 6.45) is 5.90. The van der Waals surface area contributed by atoms with Gasteiger partial charge in [0.15, 0.2) is 0 Å². The lowest BCUT2D eigenvalue weighted by Crippen LogP contribution is -2.32. The molecular weight excluding hydrogens is 262 g/mol. The Morgan fingerprint density at radius 1 is 1.24 bits per heavy atom. The minimum Gasteiger partial charge on any atom is -0.389 e. The van der Waals surface area contributed by atoms with Gasteiger partial charge >= 0.3 is 0 Å². The quantitative estimate of drug-likeness (QED) is 0.806. The van der Waals surface area contributed by atoms with Crippen LogP contribution in [0.4, 0.5) is 5.69 Å². The first-order valence-corrected chi connectivity index (χ1v) is 8.31. The molecule has 3 unspecified atom stereocenters. The highest BCUT2D eigenvalue weighted by molar-refractivity contribution is 5.44. The number of anilines is 1. The zero-order valence-corrected chi connectivity index (χ0v) is 13.3. The lowest BCUT2D eigenvalue weighted by molar-refractivity contribution is -0.0424. The first kappa shape index (κ1) is 16.3. The predicted molar refractivity (Wildman–Crippen MR) is 87.7 cm³/mol. The van der Waals surface area contributed by atoms with Crippen molar-refractivity contribution >= 4 is 5.69 Å². The molecule has 0 saturated heterocycles. The van der Waals surface area contributed by atoms with Crippen LogP contribution in [0.1, 0.15) is 45.1 Å². The van der Waals surface area contributed by atoms with Crippen LogP contribution in [0.15, 0.2) is 24.3 Å². The van der Waals surface area contributed by atoms with Gasteiger partial charge in [-0.15, -0.1) is 0 Å². The first-order chi connectivity index (χ1) is 10.2. The van der Waals surface area contributed by atoms with E-state index >= 15 is 0 Å². The Labute approximate surface area is 128 Å². The van der Waals surface area contributed by atoms with Crippen molar-refractivity contribution in [2.45, 2.75) is 58.2 Å². The van der Waals surface area contributed by atoms with Crippen molar-refractivity contribution in [1.82, 2.24) is 0 Å². The van der Waals surface area contributed by atoms with E-state index < -0.39 is 6.10 Å². The molecule has 21 heavy (non-hydrogen) atoms. The highest BCUT2D eigenvalue weighted by Crippen LogP contribution is 2.26. The van der Waals surface area contributed by atoms with Crippen LogP contribution in [0.3, 0.4) is 0 Å². The maximum absolute atomic E-state index is 10.0. The summed E-state index contributed by atoms with van der Waals surface area (Å²) in [6.45, 7) is 5.36. The largest absolute Gasteiger partial charge is 0.389 e. The Hall–Kier alpha value is -1.06. The maximum Gasteiger partial charge on any atom is 0.0945 e. The molecule has 1 aliphatic rings. The lowest BCUT2D eigenvalue weighted by atomic mass is 9.88. The molecule has 1 aromatic rings. The van der Waals surface area contributed by atoms with Crippen LogP contribution in [-0.4, -0.2) is 30.5 Å². The zero-order chi connectivity index (χ0) is 15.1. The van der Waals surface area contributed by atoms with Crippen molar-refractivity contribution in [3.8, 4) is 0 Å². The highest BCUT2D eigenvalue weighted by Gasteiger charge is 2.22. The fraction of sp³-hybridized carbons (Fsp3) is 0.667. The van der Waals surface area contributed by atoms with E-state index in [9.17, 15) is 5.11 Å². The molecule has 0 aliphatic heterocycles. The third-order valence-corrected chi connectivity index (χ3v) is 4.44. The number of hydrogen-bond acceptors (Lipinski definition) is 3. The molecule has 1 fully saturated rings. The molecule has 0 heterocycles. The number of aliphatic hydroxyl groups excluding tert-OH is 1. The Kier molecular flexibility index (Phi) is 6.52. The van der Waals surface area contributed by atoms with Crippen molar-refractivity contribution < 1.29 is 9.84 Å². The summed E-state index contributed by atoms with van der Waals surface area (Å²) >= 11 is 0. The van der Waals surface area contributed by atoms with Gasteiger partial charge < -0.3 is 15.2 Å². The number of aryl methyl sites for hydroxylation is 1. The summed E-state index contributed by atoms with van der Waals surface area (Å²) in [6, 6.07) is 8.37. The number of rotatable bonds is 7. The minimum absolute atomic E-state index is 0.331. The molecule has 3 atom stereocenters. The molecule has 0 radical (unpaired) electrons. The van der Waals surface area contributed by atoms with Gasteiger partial charge in [-0.3, -0.25) is 0 Å². The number of benzene rings is 1. The van der Waals surface area contributed by atoms with Crippen molar-refractivity contribution in [3.05, 3.63) is 29.8 Å². The van der Waals surface area contributed by atoms with Crippen molar-refractivity contribution in [2.75, 3.05) is 18.5 Å². The number of hydrogen-bond donors (Lipinski definition) is 2. The average molecular weight is 291 g/mol. The zero-order valence-electron chi connectivity index (χ0n) is 13.3. The van der Waals surface area contributed by atoms with Crippen molar-refractivity contribution in [1.29, 1.82) is 0 Å². The normalized spacial score (nSPS) is 23.8. The van der Waals surface area contributed by atoms with E-state index in [0.29, 0.717) is 25.2 Å². The fourth-order valence-electron chi connectivity index (χ4n) is 2.92. The Morgan fingerprint density at radius 2 is 1.95 bits per heavy atom. The van der Waals surface area contributed by atoms with Gasteiger partial charge in [-0.25, -0.2) is 0 Å². The van der Waals surface area contributed by atoms with E-state index in [4.69, 9.17) is 4.74 Å². The van der Waals surface area contributed by atoms with Gasteiger partial charge in [-0.1, -0.05) is 38.8 Å². The molecule has 0 amide bonds. The second-order valence-electron chi connectivity index (χ2n) is 6.22. The molecule has 1 aliphatic carbocycles. The molecule has 3 nitrogen and oxygen atoms in total. The molecule has 1 saturated carbocycles. The Balaban J connectivity index is 1.67. The van der Waals surface area contributed by atoms with Crippen LogP contribution in [0.5, 0.6) is 0 Å². The minimum atomic E-state index is -0.454. The fourth-order valence-corrected chi connectivity index (χ4v) is 2.92. The van der Waals surface area contributed by atoms with E-state index in [0.717, 1.165) is 18.5 Å². The second-order valence-corrected chi connectivity index (χ2v) is 6.22. The first-order valence-electron chi connectivity index (χ1n) is 8.31. The monoisotopic (exact) mass is 291 g/mol. The second kappa shape index (κ2) is 8.40. The number of ether oxygens (including phenoxy) is 1. The van der Waals surface area contributed by atoms with Crippen LogP contribution < -0.4 is 5.32 Å². The summed E-state index contributed by atoms with van der Waals surface area (Å²) in [4.78, 5) is 0. The molecule has 0 spiro atoms. The van der Waals surface area contributed by atoms with E-state index in [1.807, 2.05) is 0 Å². The van der Waals surface area contributed by atoms with E-state index in [2.05, 4.69) is 43.4 Å².